The van der Waals surface area contributed by atoms with Crippen LogP contribution in [0.3, 0.4) is 0 Å². The van der Waals surface area contributed by atoms with Gasteiger partial charge in [-0.15, -0.1) is 0 Å². The third-order valence-corrected chi connectivity index (χ3v) is 4.46. The molecule has 0 spiro atoms. The van der Waals surface area contributed by atoms with Crippen LogP contribution in [0.15, 0.2) is 24.4 Å². The molecule has 0 unspecified atom stereocenters. The summed E-state index contributed by atoms with van der Waals surface area (Å²) < 4.78 is 1.72. The number of halogens is 1. The van der Waals surface area contributed by atoms with Crippen LogP contribution in [-0.2, 0) is 7.05 Å². The zero-order valence-electron chi connectivity index (χ0n) is 13.0. The largest absolute Gasteiger partial charge is 0.373 e. The average molecular weight is 319 g/mol. The second-order valence-electron chi connectivity index (χ2n) is 5.63. The predicted molar refractivity (Wildman–Crippen MR) is 89.0 cm³/mol. The molecule has 0 saturated carbocycles. The Morgan fingerprint density at radius 1 is 1.23 bits per heavy atom. The van der Waals surface area contributed by atoms with E-state index in [9.17, 15) is 4.79 Å². The lowest BCUT2D eigenvalue weighted by Gasteiger charge is -2.24. The van der Waals surface area contributed by atoms with Crippen molar-refractivity contribution in [2.24, 2.45) is 7.05 Å². The van der Waals surface area contributed by atoms with E-state index in [0.717, 1.165) is 30.0 Å². The van der Waals surface area contributed by atoms with Crippen molar-refractivity contribution in [3.05, 3.63) is 40.7 Å². The molecule has 2 heterocycles. The van der Waals surface area contributed by atoms with Gasteiger partial charge in [-0.25, -0.2) is 0 Å². The number of aryl methyl sites for hydroxylation is 1. The molecule has 22 heavy (non-hydrogen) atoms. The normalized spacial score (nSPS) is 14.7. The molecule has 2 aromatic rings. The number of anilines is 2. The van der Waals surface area contributed by atoms with Crippen molar-refractivity contribution in [3.8, 4) is 0 Å². The molecule has 1 aromatic heterocycles. The molecule has 1 amide bonds. The Kier molecular flexibility index (Phi) is 3.83. The Morgan fingerprint density at radius 3 is 2.68 bits per heavy atom. The molecular formula is C16H19ClN4O. The maximum Gasteiger partial charge on any atom is 0.261 e. The summed E-state index contributed by atoms with van der Waals surface area (Å²) in [5, 5.41) is 4.81. The van der Waals surface area contributed by atoms with Crippen LogP contribution in [-0.4, -0.2) is 35.8 Å². The highest BCUT2D eigenvalue weighted by molar-refractivity contribution is 6.31. The first kappa shape index (κ1) is 14.9. The number of hydrogen-bond acceptors (Lipinski definition) is 3. The molecule has 1 aromatic carbocycles. The number of rotatable bonds is 1. The molecule has 0 fully saturated rings. The summed E-state index contributed by atoms with van der Waals surface area (Å²) in [7, 11) is 3.88. The van der Waals surface area contributed by atoms with Crippen LogP contribution >= 0.6 is 11.6 Å². The zero-order valence-corrected chi connectivity index (χ0v) is 13.8. The van der Waals surface area contributed by atoms with Crippen molar-refractivity contribution in [3.63, 3.8) is 0 Å². The Labute approximate surface area is 135 Å². The van der Waals surface area contributed by atoms with Crippen molar-refractivity contribution in [1.82, 2.24) is 9.78 Å². The van der Waals surface area contributed by atoms with Crippen molar-refractivity contribution >= 4 is 28.9 Å². The van der Waals surface area contributed by atoms with E-state index in [1.54, 1.807) is 10.9 Å². The highest BCUT2D eigenvalue weighted by Gasteiger charge is 2.26. The highest BCUT2D eigenvalue weighted by atomic mass is 35.5. The molecule has 3 rings (SSSR count). The van der Waals surface area contributed by atoms with Crippen LogP contribution in [0.4, 0.5) is 11.4 Å². The topological polar surface area (TPSA) is 41.4 Å². The van der Waals surface area contributed by atoms with E-state index < -0.39 is 0 Å². The minimum Gasteiger partial charge on any atom is -0.373 e. The molecule has 5 nitrogen and oxygen atoms in total. The maximum absolute atomic E-state index is 13.0. The van der Waals surface area contributed by atoms with E-state index in [-0.39, 0.29) is 5.91 Å². The van der Waals surface area contributed by atoms with E-state index in [0.29, 0.717) is 17.1 Å². The highest BCUT2D eigenvalue weighted by Crippen LogP contribution is 2.35. The third kappa shape index (κ3) is 2.46. The second-order valence-corrected chi connectivity index (χ2v) is 6.07. The van der Waals surface area contributed by atoms with Gasteiger partial charge in [0.1, 0.15) is 0 Å². The number of aromatic nitrogens is 2. The summed E-state index contributed by atoms with van der Waals surface area (Å²) in [6, 6.07) is 5.70. The number of carbonyl (C=O) groups is 1. The number of fused-ring (bicyclic) bond motifs is 1. The molecule has 0 N–H and O–H groups in total. The third-order valence-electron chi connectivity index (χ3n) is 4.23. The zero-order chi connectivity index (χ0) is 15.9. The first-order valence-corrected chi connectivity index (χ1v) is 7.68. The van der Waals surface area contributed by atoms with Crippen LogP contribution in [0.2, 0.25) is 5.02 Å². The van der Waals surface area contributed by atoms with Crippen molar-refractivity contribution in [2.45, 2.75) is 13.3 Å². The number of hydrogen-bond donors (Lipinski definition) is 0. The lowest BCUT2D eigenvalue weighted by molar-refractivity contribution is 0.0986. The van der Waals surface area contributed by atoms with Gasteiger partial charge < -0.3 is 9.80 Å². The van der Waals surface area contributed by atoms with Gasteiger partial charge in [0.05, 0.1) is 23.1 Å². The first-order valence-electron chi connectivity index (χ1n) is 7.30. The van der Waals surface area contributed by atoms with Gasteiger partial charge in [-0.05, 0) is 31.5 Å². The number of benzene rings is 1. The van der Waals surface area contributed by atoms with Gasteiger partial charge >= 0.3 is 0 Å². The summed E-state index contributed by atoms with van der Waals surface area (Å²) in [5.41, 5.74) is 3.39. The minimum atomic E-state index is -0.0237. The smallest absolute Gasteiger partial charge is 0.261 e. The fraction of sp³-hybridized carbons (Fsp3) is 0.375. The van der Waals surface area contributed by atoms with Crippen LogP contribution in [0.5, 0.6) is 0 Å². The summed E-state index contributed by atoms with van der Waals surface area (Å²) >= 11 is 6.16. The Morgan fingerprint density at radius 2 is 2.00 bits per heavy atom. The fourth-order valence-corrected chi connectivity index (χ4v) is 2.97. The lowest BCUT2D eigenvalue weighted by Crippen LogP contribution is -2.31. The lowest BCUT2D eigenvalue weighted by atomic mass is 10.2. The molecule has 6 heteroatoms. The second kappa shape index (κ2) is 5.65. The van der Waals surface area contributed by atoms with Crippen LogP contribution in [0.1, 0.15) is 22.5 Å². The van der Waals surface area contributed by atoms with Gasteiger partial charge in [-0.3, -0.25) is 9.48 Å². The van der Waals surface area contributed by atoms with Crippen molar-refractivity contribution in [2.75, 3.05) is 29.9 Å². The van der Waals surface area contributed by atoms with Crippen LogP contribution in [0.25, 0.3) is 0 Å². The molecule has 0 aliphatic carbocycles. The van der Waals surface area contributed by atoms with E-state index >= 15 is 0 Å². The molecular weight excluding hydrogens is 300 g/mol. The van der Waals surface area contributed by atoms with E-state index in [2.05, 4.69) is 10.00 Å². The summed E-state index contributed by atoms with van der Waals surface area (Å²) in [6.45, 7) is 3.48. The molecule has 0 saturated heterocycles. The van der Waals surface area contributed by atoms with Gasteiger partial charge in [-0.2, -0.15) is 5.10 Å². The molecule has 0 radical (unpaired) electrons. The van der Waals surface area contributed by atoms with Gasteiger partial charge in [0, 0.05) is 37.9 Å². The van der Waals surface area contributed by atoms with E-state index in [1.807, 2.05) is 44.1 Å². The van der Waals surface area contributed by atoms with E-state index in [1.165, 1.54) is 0 Å². The number of carbonyl (C=O) groups excluding carboxylic acids is 1. The Bertz CT molecular complexity index is 725. The minimum absolute atomic E-state index is 0.0237. The van der Waals surface area contributed by atoms with Gasteiger partial charge in [-0.1, -0.05) is 11.6 Å². The van der Waals surface area contributed by atoms with Crippen molar-refractivity contribution in [1.29, 1.82) is 0 Å². The predicted octanol–water partition coefficient (Wildman–Crippen LogP) is 2.87. The quantitative estimate of drug-likeness (QED) is 0.812. The maximum atomic E-state index is 13.0. The number of nitrogens with zero attached hydrogens (tertiary/aromatic N) is 4. The number of amides is 1. The van der Waals surface area contributed by atoms with Gasteiger partial charge in [0.25, 0.3) is 5.91 Å². The van der Waals surface area contributed by atoms with Gasteiger partial charge in [0.15, 0.2) is 0 Å². The SMILES string of the molecule is Cc1c(C(=O)N2CCCN(C)c3ccc(Cl)cc32)cnn1C. The van der Waals surface area contributed by atoms with Crippen LogP contribution < -0.4 is 9.80 Å². The van der Waals surface area contributed by atoms with Crippen LogP contribution in [0, 0.1) is 6.92 Å². The molecule has 1 aliphatic heterocycles. The monoisotopic (exact) mass is 318 g/mol. The molecule has 0 bridgehead atoms. The molecule has 1 aliphatic rings. The molecule has 116 valence electrons. The fourth-order valence-electron chi connectivity index (χ4n) is 2.81. The van der Waals surface area contributed by atoms with E-state index in [4.69, 9.17) is 11.6 Å². The summed E-state index contributed by atoms with van der Waals surface area (Å²) in [5.74, 6) is -0.0237. The summed E-state index contributed by atoms with van der Waals surface area (Å²) in [6.07, 6.45) is 2.55. The standard InChI is InChI=1S/C16H19ClN4O/c1-11-13(10-18-20(11)3)16(22)21-8-4-7-19(2)14-6-5-12(17)9-15(14)21/h5-6,9-10H,4,7-8H2,1-3H3. The Hall–Kier alpha value is -2.01. The summed E-state index contributed by atoms with van der Waals surface area (Å²) in [4.78, 5) is 17.0. The average Bonchev–Trinajstić information content (AvgIpc) is 2.73. The molecule has 0 atom stereocenters. The first-order chi connectivity index (χ1) is 10.5. The van der Waals surface area contributed by atoms with Gasteiger partial charge in [0.2, 0.25) is 0 Å². The Balaban J connectivity index is 2.07. The van der Waals surface area contributed by atoms with Crippen molar-refractivity contribution < 1.29 is 4.79 Å².